The first kappa shape index (κ1) is 20.4. The Hall–Kier alpha value is -3.34. The molecule has 29 heavy (non-hydrogen) atoms. The van der Waals surface area contributed by atoms with E-state index in [-0.39, 0.29) is 11.9 Å². The summed E-state index contributed by atoms with van der Waals surface area (Å²) < 4.78 is 11.4. The monoisotopic (exact) mass is 390 g/mol. The van der Waals surface area contributed by atoms with Crippen LogP contribution in [0.4, 0.5) is 0 Å². The van der Waals surface area contributed by atoms with Crippen molar-refractivity contribution in [3.05, 3.63) is 89.7 Å². The lowest BCUT2D eigenvalue weighted by Crippen LogP contribution is -2.30. The number of hydrogen-bond donors (Lipinski definition) is 1. The van der Waals surface area contributed by atoms with Crippen molar-refractivity contribution in [2.45, 2.75) is 26.3 Å². The highest BCUT2D eigenvalue weighted by molar-refractivity contribution is 5.94. The first-order valence-electron chi connectivity index (χ1n) is 9.85. The summed E-state index contributed by atoms with van der Waals surface area (Å²) in [6, 6.07) is 19.2. The van der Waals surface area contributed by atoms with Crippen LogP contribution in [0.15, 0.2) is 73.1 Å². The quantitative estimate of drug-likeness (QED) is 0.580. The van der Waals surface area contributed by atoms with E-state index in [2.05, 4.69) is 22.4 Å². The molecule has 3 rings (SSSR count). The molecule has 0 bridgehead atoms. The van der Waals surface area contributed by atoms with E-state index in [0.29, 0.717) is 36.7 Å². The molecule has 0 fully saturated rings. The van der Waals surface area contributed by atoms with Crippen LogP contribution in [0.2, 0.25) is 0 Å². The standard InChI is InChI=1S/C24H26N2O3/c1-3-28-22-13-12-19(16-23(22)29-4-2)21(15-18-9-6-5-7-10-18)26-24(27)20-11-8-14-25-17-20/h5-14,16-17,21H,3-4,15H2,1-2H3,(H,26,27). The van der Waals surface area contributed by atoms with Crippen LogP contribution in [0.25, 0.3) is 0 Å². The van der Waals surface area contributed by atoms with Gasteiger partial charge in [0.1, 0.15) is 0 Å². The molecule has 0 spiro atoms. The second-order valence-electron chi connectivity index (χ2n) is 6.53. The Kier molecular flexibility index (Phi) is 7.22. The van der Waals surface area contributed by atoms with E-state index < -0.39 is 0 Å². The van der Waals surface area contributed by atoms with Crippen molar-refractivity contribution < 1.29 is 14.3 Å². The van der Waals surface area contributed by atoms with Crippen LogP contribution in [-0.4, -0.2) is 24.1 Å². The maximum absolute atomic E-state index is 12.8. The van der Waals surface area contributed by atoms with Crippen LogP contribution in [0.5, 0.6) is 11.5 Å². The zero-order valence-electron chi connectivity index (χ0n) is 16.8. The number of benzene rings is 2. The molecule has 1 atom stereocenters. The zero-order valence-corrected chi connectivity index (χ0v) is 16.8. The van der Waals surface area contributed by atoms with Crippen molar-refractivity contribution in [2.24, 2.45) is 0 Å². The number of rotatable bonds is 9. The molecule has 1 heterocycles. The van der Waals surface area contributed by atoms with E-state index in [1.807, 2.05) is 50.2 Å². The van der Waals surface area contributed by atoms with E-state index in [4.69, 9.17) is 9.47 Å². The molecule has 0 aliphatic heterocycles. The van der Waals surface area contributed by atoms with Crippen molar-refractivity contribution in [3.63, 3.8) is 0 Å². The van der Waals surface area contributed by atoms with Gasteiger partial charge in [-0.3, -0.25) is 9.78 Å². The summed E-state index contributed by atoms with van der Waals surface area (Å²) >= 11 is 0. The minimum Gasteiger partial charge on any atom is -0.490 e. The van der Waals surface area contributed by atoms with E-state index >= 15 is 0 Å². The molecule has 0 saturated heterocycles. The highest BCUT2D eigenvalue weighted by Gasteiger charge is 2.19. The fraction of sp³-hybridized carbons (Fsp3) is 0.250. The number of aromatic nitrogens is 1. The van der Waals surface area contributed by atoms with Gasteiger partial charge >= 0.3 is 0 Å². The van der Waals surface area contributed by atoms with Gasteiger partial charge in [-0.2, -0.15) is 0 Å². The van der Waals surface area contributed by atoms with Gasteiger partial charge in [-0.05, 0) is 55.7 Å². The van der Waals surface area contributed by atoms with Gasteiger partial charge in [0, 0.05) is 12.4 Å². The third-order valence-corrected chi connectivity index (χ3v) is 4.48. The Morgan fingerprint density at radius 1 is 0.966 bits per heavy atom. The Labute approximate surface area is 171 Å². The van der Waals surface area contributed by atoms with Gasteiger partial charge in [-0.1, -0.05) is 36.4 Å². The first-order chi connectivity index (χ1) is 14.2. The third kappa shape index (κ3) is 5.57. The number of hydrogen-bond acceptors (Lipinski definition) is 4. The molecule has 2 aromatic carbocycles. The van der Waals surface area contributed by atoms with Crippen LogP contribution in [0.1, 0.15) is 41.4 Å². The number of ether oxygens (including phenoxy) is 2. The normalized spacial score (nSPS) is 11.5. The summed E-state index contributed by atoms with van der Waals surface area (Å²) in [5, 5.41) is 3.14. The lowest BCUT2D eigenvalue weighted by Gasteiger charge is -2.21. The van der Waals surface area contributed by atoms with Crippen molar-refractivity contribution >= 4 is 5.91 Å². The number of carbonyl (C=O) groups is 1. The maximum atomic E-state index is 12.8. The van der Waals surface area contributed by atoms with Gasteiger partial charge in [-0.15, -0.1) is 0 Å². The van der Waals surface area contributed by atoms with Crippen LogP contribution >= 0.6 is 0 Å². The molecule has 0 aliphatic rings. The van der Waals surface area contributed by atoms with E-state index in [1.165, 1.54) is 0 Å². The molecule has 3 aromatic rings. The Morgan fingerprint density at radius 3 is 2.41 bits per heavy atom. The fourth-order valence-corrected chi connectivity index (χ4v) is 3.13. The summed E-state index contributed by atoms with van der Waals surface area (Å²) in [7, 11) is 0. The van der Waals surface area contributed by atoms with Crippen molar-refractivity contribution in [1.29, 1.82) is 0 Å². The fourth-order valence-electron chi connectivity index (χ4n) is 3.13. The van der Waals surface area contributed by atoms with Gasteiger partial charge in [0.05, 0.1) is 24.8 Å². The lowest BCUT2D eigenvalue weighted by atomic mass is 9.98. The van der Waals surface area contributed by atoms with Gasteiger partial charge in [0.2, 0.25) is 0 Å². The third-order valence-electron chi connectivity index (χ3n) is 4.48. The Bertz CT molecular complexity index is 914. The van der Waals surface area contributed by atoms with E-state index in [9.17, 15) is 4.79 Å². The van der Waals surface area contributed by atoms with Crippen molar-refractivity contribution in [2.75, 3.05) is 13.2 Å². The van der Waals surface area contributed by atoms with Crippen LogP contribution in [-0.2, 0) is 6.42 Å². The molecule has 1 unspecified atom stereocenters. The molecule has 150 valence electrons. The SMILES string of the molecule is CCOc1ccc(C(Cc2ccccc2)NC(=O)c2cccnc2)cc1OCC. The number of pyridine rings is 1. The van der Waals surface area contributed by atoms with E-state index in [1.54, 1.807) is 24.5 Å². The summed E-state index contributed by atoms with van der Waals surface area (Å²) in [4.78, 5) is 16.8. The average Bonchev–Trinajstić information content (AvgIpc) is 2.76. The second kappa shape index (κ2) is 10.3. The highest BCUT2D eigenvalue weighted by atomic mass is 16.5. The minimum atomic E-state index is -0.222. The number of carbonyl (C=O) groups excluding carboxylic acids is 1. The van der Waals surface area contributed by atoms with Gasteiger partial charge < -0.3 is 14.8 Å². The largest absolute Gasteiger partial charge is 0.490 e. The zero-order chi connectivity index (χ0) is 20.5. The van der Waals surface area contributed by atoms with Crippen molar-refractivity contribution in [3.8, 4) is 11.5 Å². The van der Waals surface area contributed by atoms with Gasteiger partial charge in [-0.25, -0.2) is 0 Å². The summed E-state index contributed by atoms with van der Waals surface area (Å²) in [5.74, 6) is 1.22. The number of amides is 1. The smallest absolute Gasteiger partial charge is 0.253 e. The predicted molar refractivity (Wildman–Crippen MR) is 113 cm³/mol. The maximum Gasteiger partial charge on any atom is 0.253 e. The van der Waals surface area contributed by atoms with Crippen LogP contribution < -0.4 is 14.8 Å². The van der Waals surface area contributed by atoms with Gasteiger partial charge in [0.25, 0.3) is 5.91 Å². The van der Waals surface area contributed by atoms with Crippen LogP contribution in [0, 0.1) is 0 Å². The molecule has 1 N–H and O–H groups in total. The van der Waals surface area contributed by atoms with E-state index in [0.717, 1.165) is 11.1 Å². The molecule has 1 aromatic heterocycles. The molecule has 1 amide bonds. The average molecular weight is 390 g/mol. The molecular formula is C24H26N2O3. The minimum absolute atomic E-state index is 0.161. The Morgan fingerprint density at radius 2 is 1.72 bits per heavy atom. The highest BCUT2D eigenvalue weighted by Crippen LogP contribution is 2.32. The molecule has 0 saturated carbocycles. The summed E-state index contributed by atoms with van der Waals surface area (Å²) in [5.41, 5.74) is 2.62. The van der Waals surface area contributed by atoms with Crippen molar-refractivity contribution in [1.82, 2.24) is 10.3 Å². The predicted octanol–water partition coefficient (Wildman–Crippen LogP) is 4.59. The molecule has 0 aliphatic carbocycles. The number of nitrogens with one attached hydrogen (secondary N) is 1. The molecular weight excluding hydrogens is 364 g/mol. The topological polar surface area (TPSA) is 60.5 Å². The summed E-state index contributed by atoms with van der Waals surface area (Å²) in [6.45, 7) is 4.98. The summed E-state index contributed by atoms with van der Waals surface area (Å²) in [6.07, 6.45) is 3.88. The van der Waals surface area contributed by atoms with Crippen LogP contribution in [0.3, 0.4) is 0 Å². The Balaban J connectivity index is 1.91. The second-order valence-corrected chi connectivity index (χ2v) is 6.53. The molecule has 5 heteroatoms. The molecule has 0 radical (unpaired) electrons. The first-order valence-corrected chi connectivity index (χ1v) is 9.85. The molecule has 5 nitrogen and oxygen atoms in total. The lowest BCUT2D eigenvalue weighted by molar-refractivity contribution is 0.0936. The van der Waals surface area contributed by atoms with Gasteiger partial charge in [0.15, 0.2) is 11.5 Å². The number of nitrogens with zero attached hydrogens (tertiary/aromatic N) is 1.